The molecule has 4 heteroatoms. The molecular weight excluding hydrogens is 217 g/mol. The Labute approximate surface area is 99.5 Å². The van der Waals surface area contributed by atoms with Crippen molar-refractivity contribution in [3.63, 3.8) is 0 Å². The number of nitrogens with one attached hydrogen (secondary N) is 1. The second kappa shape index (κ2) is 5.41. The van der Waals surface area contributed by atoms with Gasteiger partial charge < -0.3 is 11.1 Å². The molecular formula is C13H14FN3. The molecule has 0 spiro atoms. The number of rotatable bonds is 4. The van der Waals surface area contributed by atoms with Gasteiger partial charge in [-0.15, -0.1) is 0 Å². The van der Waals surface area contributed by atoms with Crippen molar-refractivity contribution in [2.45, 2.75) is 6.04 Å². The van der Waals surface area contributed by atoms with Crippen LogP contribution < -0.4 is 11.1 Å². The van der Waals surface area contributed by atoms with Gasteiger partial charge in [-0.1, -0.05) is 6.07 Å². The molecule has 0 aliphatic rings. The molecule has 0 radical (unpaired) electrons. The number of aromatic nitrogens is 1. The summed E-state index contributed by atoms with van der Waals surface area (Å²) in [4.78, 5) is 4.05. The molecule has 1 aromatic carbocycles. The van der Waals surface area contributed by atoms with Gasteiger partial charge in [-0.2, -0.15) is 0 Å². The third-order valence-corrected chi connectivity index (χ3v) is 2.51. The van der Waals surface area contributed by atoms with Crippen molar-refractivity contribution >= 4 is 5.69 Å². The van der Waals surface area contributed by atoms with Crippen molar-refractivity contribution in [2.24, 2.45) is 5.73 Å². The first-order valence-electron chi connectivity index (χ1n) is 5.41. The lowest BCUT2D eigenvalue weighted by Crippen LogP contribution is -2.20. The standard InChI is InChI=1S/C13H14FN3/c14-11-3-5-12(6-4-11)17-13(8-15)10-2-1-7-16-9-10/h1-7,9,13,17H,8,15H2. The number of nitrogens with zero attached hydrogens (tertiary/aromatic N) is 1. The van der Waals surface area contributed by atoms with E-state index < -0.39 is 0 Å². The van der Waals surface area contributed by atoms with Crippen LogP contribution in [0.2, 0.25) is 0 Å². The zero-order valence-electron chi connectivity index (χ0n) is 9.31. The number of hydrogen-bond donors (Lipinski definition) is 2. The zero-order valence-corrected chi connectivity index (χ0v) is 9.31. The summed E-state index contributed by atoms with van der Waals surface area (Å²) < 4.78 is 12.8. The molecule has 1 atom stereocenters. The number of halogens is 1. The van der Waals surface area contributed by atoms with E-state index in [1.54, 1.807) is 24.5 Å². The van der Waals surface area contributed by atoms with E-state index in [1.807, 2.05) is 12.1 Å². The molecule has 1 aromatic heterocycles. The van der Waals surface area contributed by atoms with Crippen molar-refractivity contribution < 1.29 is 4.39 Å². The predicted octanol–water partition coefficient (Wildman–Crippen LogP) is 2.33. The quantitative estimate of drug-likeness (QED) is 0.849. The molecule has 0 saturated carbocycles. The molecule has 0 saturated heterocycles. The summed E-state index contributed by atoms with van der Waals surface area (Å²) in [6, 6.07) is 10.0. The number of pyridine rings is 1. The Morgan fingerprint density at radius 1 is 1.24 bits per heavy atom. The normalized spacial score (nSPS) is 12.1. The smallest absolute Gasteiger partial charge is 0.123 e. The van der Waals surface area contributed by atoms with Crippen LogP contribution in [0, 0.1) is 5.82 Å². The highest BCUT2D eigenvalue weighted by Crippen LogP contribution is 2.18. The van der Waals surface area contributed by atoms with Crippen molar-refractivity contribution in [3.8, 4) is 0 Å². The number of benzene rings is 1. The third kappa shape index (κ3) is 3.01. The molecule has 3 N–H and O–H groups in total. The molecule has 2 aromatic rings. The summed E-state index contributed by atoms with van der Waals surface area (Å²) in [6.07, 6.45) is 3.49. The molecule has 3 nitrogen and oxygen atoms in total. The fraction of sp³-hybridized carbons (Fsp3) is 0.154. The Morgan fingerprint density at radius 3 is 2.59 bits per heavy atom. The average molecular weight is 231 g/mol. The lowest BCUT2D eigenvalue weighted by Gasteiger charge is -2.18. The number of anilines is 1. The van der Waals surface area contributed by atoms with Crippen LogP contribution in [-0.4, -0.2) is 11.5 Å². The molecule has 88 valence electrons. The minimum atomic E-state index is -0.249. The minimum Gasteiger partial charge on any atom is -0.377 e. The summed E-state index contributed by atoms with van der Waals surface area (Å²) in [5, 5.41) is 3.24. The molecule has 17 heavy (non-hydrogen) atoms. The van der Waals surface area contributed by atoms with E-state index in [1.165, 1.54) is 12.1 Å². The maximum Gasteiger partial charge on any atom is 0.123 e. The van der Waals surface area contributed by atoms with E-state index >= 15 is 0 Å². The van der Waals surface area contributed by atoms with E-state index in [0.717, 1.165) is 11.3 Å². The van der Waals surface area contributed by atoms with Crippen LogP contribution in [0.25, 0.3) is 0 Å². The van der Waals surface area contributed by atoms with Crippen LogP contribution in [0.1, 0.15) is 11.6 Å². The van der Waals surface area contributed by atoms with E-state index in [4.69, 9.17) is 5.73 Å². The number of nitrogens with two attached hydrogens (primary N) is 1. The second-order valence-electron chi connectivity index (χ2n) is 3.73. The molecule has 2 rings (SSSR count). The Hall–Kier alpha value is -1.94. The van der Waals surface area contributed by atoms with Gasteiger partial charge in [0, 0.05) is 24.6 Å². The Bertz CT molecular complexity index is 456. The summed E-state index contributed by atoms with van der Waals surface area (Å²) in [5.74, 6) is -0.249. The fourth-order valence-corrected chi connectivity index (χ4v) is 1.61. The van der Waals surface area contributed by atoms with E-state index in [-0.39, 0.29) is 11.9 Å². The summed E-state index contributed by atoms with van der Waals surface area (Å²) >= 11 is 0. The molecule has 1 unspecified atom stereocenters. The monoisotopic (exact) mass is 231 g/mol. The van der Waals surface area contributed by atoms with Gasteiger partial charge in [0.25, 0.3) is 0 Å². The van der Waals surface area contributed by atoms with Gasteiger partial charge in [0.05, 0.1) is 6.04 Å². The zero-order chi connectivity index (χ0) is 12.1. The second-order valence-corrected chi connectivity index (χ2v) is 3.73. The topological polar surface area (TPSA) is 50.9 Å². The largest absolute Gasteiger partial charge is 0.377 e. The Morgan fingerprint density at radius 2 is 2.00 bits per heavy atom. The third-order valence-electron chi connectivity index (χ3n) is 2.51. The average Bonchev–Trinajstić information content (AvgIpc) is 2.39. The minimum absolute atomic E-state index is 0.0193. The summed E-state index contributed by atoms with van der Waals surface area (Å²) in [5.41, 5.74) is 7.57. The Kier molecular flexibility index (Phi) is 3.67. The lowest BCUT2D eigenvalue weighted by molar-refractivity contribution is 0.628. The van der Waals surface area contributed by atoms with Gasteiger partial charge in [-0.3, -0.25) is 4.98 Å². The van der Waals surface area contributed by atoms with Gasteiger partial charge in [-0.25, -0.2) is 4.39 Å². The summed E-state index contributed by atoms with van der Waals surface area (Å²) in [7, 11) is 0. The molecule has 0 bridgehead atoms. The van der Waals surface area contributed by atoms with Crippen LogP contribution in [0.15, 0.2) is 48.8 Å². The molecule has 1 heterocycles. The van der Waals surface area contributed by atoms with Crippen LogP contribution in [0.4, 0.5) is 10.1 Å². The fourth-order valence-electron chi connectivity index (χ4n) is 1.61. The van der Waals surface area contributed by atoms with Crippen molar-refractivity contribution in [2.75, 3.05) is 11.9 Å². The van der Waals surface area contributed by atoms with E-state index in [0.29, 0.717) is 6.54 Å². The lowest BCUT2D eigenvalue weighted by atomic mass is 10.1. The maximum atomic E-state index is 12.8. The van der Waals surface area contributed by atoms with Gasteiger partial charge in [-0.05, 0) is 35.9 Å². The molecule has 0 aliphatic heterocycles. The molecule has 0 fully saturated rings. The molecule has 0 amide bonds. The van der Waals surface area contributed by atoms with Gasteiger partial charge >= 0.3 is 0 Å². The maximum absolute atomic E-state index is 12.8. The number of hydrogen-bond acceptors (Lipinski definition) is 3. The first kappa shape index (κ1) is 11.5. The van der Waals surface area contributed by atoms with Crippen molar-refractivity contribution in [1.82, 2.24) is 4.98 Å². The van der Waals surface area contributed by atoms with Crippen molar-refractivity contribution in [3.05, 3.63) is 60.2 Å². The van der Waals surface area contributed by atoms with Crippen LogP contribution in [-0.2, 0) is 0 Å². The highest BCUT2D eigenvalue weighted by atomic mass is 19.1. The molecule has 0 aliphatic carbocycles. The van der Waals surface area contributed by atoms with Gasteiger partial charge in [0.2, 0.25) is 0 Å². The van der Waals surface area contributed by atoms with Crippen molar-refractivity contribution in [1.29, 1.82) is 0 Å². The van der Waals surface area contributed by atoms with Crippen LogP contribution in [0.5, 0.6) is 0 Å². The van der Waals surface area contributed by atoms with E-state index in [2.05, 4.69) is 10.3 Å². The highest BCUT2D eigenvalue weighted by Gasteiger charge is 2.08. The van der Waals surface area contributed by atoms with Crippen LogP contribution >= 0.6 is 0 Å². The SMILES string of the molecule is NCC(Nc1ccc(F)cc1)c1cccnc1. The first-order chi connectivity index (χ1) is 8.29. The van der Waals surface area contributed by atoms with E-state index in [9.17, 15) is 4.39 Å². The predicted molar refractivity (Wildman–Crippen MR) is 66.1 cm³/mol. The van der Waals surface area contributed by atoms with Gasteiger partial charge in [0.1, 0.15) is 5.82 Å². The van der Waals surface area contributed by atoms with Gasteiger partial charge in [0.15, 0.2) is 0 Å². The van der Waals surface area contributed by atoms with Crippen LogP contribution in [0.3, 0.4) is 0 Å². The Balaban J connectivity index is 2.13. The first-order valence-corrected chi connectivity index (χ1v) is 5.41. The summed E-state index contributed by atoms with van der Waals surface area (Å²) in [6.45, 7) is 0.447. The highest BCUT2D eigenvalue weighted by molar-refractivity contribution is 5.45.